The summed E-state index contributed by atoms with van der Waals surface area (Å²) in [6.45, 7) is 3.55. The Bertz CT molecular complexity index is 324. The van der Waals surface area contributed by atoms with Crippen molar-refractivity contribution in [1.82, 2.24) is 4.90 Å². The second kappa shape index (κ2) is 6.09. The van der Waals surface area contributed by atoms with Crippen molar-refractivity contribution < 1.29 is 9.59 Å². The summed E-state index contributed by atoms with van der Waals surface area (Å²) >= 11 is 1.67. The Morgan fingerprint density at radius 2 is 1.94 bits per heavy atom. The number of amides is 1. The van der Waals surface area contributed by atoms with Crippen molar-refractivity contribution in [3.8, 4) is 0 Å². The van der Waals surface area contributed by atoms with Gasteiger partial charge in [0.15, 0.2) is 0 Å². The van der Waals surface area contributed by atoms with Crippen molar-refractivity contribution in [2.24, 2.45) is 11.8 Å². The van der Waals surface area contributed by atoms with E-state index >= 15 is 0 Å². The van der Waals surface area contributed by atoms with Crippen LogP contribution in [-0.2, 0) is 9.59 Å². The lowest BCUT2D eigenvalue weighted by Gasteiger charge is -2.30. The van der Waals surface area contributed by atoms with E-state index in [4.69, 9.17) is 0 Å². The van der Waals surface area contributed by atoms with Gasteiger partial charge in [0.25, 0.3) is 0 Å². The second-order valence-corrected chi connectivity index (χ2v) is 6.67. The third kappa shape index (κ3) is 3.08. The lowest BCUT2D eigenvalue weighted by atomic mass is 9.80. The van der Waals surface area contributed by atoms with E-state index in [0.29, 0.717) is 17.6 Å². The van der Waals surface area contributed by atoms with Crippen LogP contribution in [0.4, 0.5) is 0 Å². The van der Waals surface area contributed by atoms with E-state index < -0.39 is 0 Å². The molecule has 1 saturated heterocycles. The largest absolute Gasteiger partial charge is 0.341 e. The molecule has 0 radical (unpaired) electrons. The average molecular weight is 269 g/mol. The fraction of sp³-hybridized carbons (Fsp3) is 0.857. The van der Waals surface area contributed by atoms with Gasteiger partial charge in [-0.05, 0) is 51.2 Å². The van der Waals surface area contributed by atoms with Gasteiger partial charge >= 0.3 is 0 Å². The Labute approximate surface area is 114 Å². The molecule has 1 aliphatic carbocycles. The third-order valence-corrected chi connectivity index (χ3v) is 5.44. The smallest absolute Gasteiger partial charge is 0.235 e. The Balaban J connectivity index is 1.78. The van der Waals surface area contributed by atoms with Gasteiger partial charge in [-0.25, -0.2) is 0 Å². The van der Waals surface area contributed by atoms with Crippen LogP contribution in [0.5, 0.6) is 0 Å². The molecule has 2 rings (SSSR count). The molecule has 102 valence electrons. The van der Waals surface area contributed by atoms with Gasteiger partial charge in [0, 0.05) is 19.0 Å². The van der Waals surface area contributed by atoms with Crippen molar-refractivity contribution in [2.45, 2.75) is 44.3 Å². The first-order valence-electron chi connectivity index (χ1n) is 6.94. The number of carbonyl (C=O) groups is 2. The quantitative estimate of drug-likeness (QED) is 0.786. The molecule has 0 spiro atoms. The topological polar surface area (TPSA) is 37.4 Å². The summed E-state index contributed by atoms with van der Waals surface area (Å²) in [5.41, 5.74) is 0. The van der Waals surface area contributed by atoms with Gasteiger partial charge in [0.05, 0.1) is 5.25 Å². The highest BCUT2D eigenvalue weighted by Crippen LogP contribution is 2.31. The molecule has 2 fully saturated rings. The van der Waals surface area contributed by atoms with Gasteiger partial charge in [-0.1, -0.05) is 0 Å². The summed E-state index contributed by atoms with van der Waals surface area (Å²) in [6, 6.07) is 0. The number of ketones is 1. The van der Waals surface area contributed by atoms with Crippen LogP contribution >= 0.6 is 11.8 Å². The summed E-state index contributed by atoms with van der Waals surface area (Å²) < 4.78 is 0. The molecule has 1 atom stereocenters. The highest BCUT2D eigenvalue weighted by molar-refractivity contribution is 7.99. The molecule has 0 aromatic heterocycles. The number of carbonyl (C=O) groups excluding carboxylic acids is 2. The first-order chi connectivity index (χ1) is 8.61. The van der Waals surface area contributed by atoms with Crippen LogP contribution in [0.2, 0.25) is 0 Å². The zero-order valence-corrected chi connectivity index (χ0v) is 12.2. The van der Waals surface area contributed by atoms with E-state index in [0.717, 1.165) is 45.2 Å². The molecular formula is C14H23NO2S. The lowest BCUT2D eigenvalue weighted by Crippen LogP contribution is -2.35. The van der Waals surface area contributed by atoms with Crippen LogP contribution in [0, 0.1) is 11.8 Å². The summed E-state index contributed by atoms with van der Waals surface area (Å²) in [4.78, 5) is 25.4. The Kier molecular flexibility index (Phi) is 4.71. The maximum atomic E-state index is 12.0. The molecule has 2 aliphatic rings. The molecule has 1 aliphatic heterocycles. The number of likely N-dealkylation sites (tertiary alicyclic amines) is 1. The van der Waals surface area contributed by atoms with E-state index in [9.17, 15) is 9.59 Å². The van der Waals surface area contributed by atoms with Crippen LogP contribution < -0.4 is 0 Å². The summed E-state index contributed by atoms with van der Waals surface area (Å²) in [5, 5.41) is 0.193. The van der Waals surface area contributed by atoms with Crippen LogP contribution in [0.3, 0.4) is 0 Å². The molecule has 0 bridgehead atoms. The Morgan fingerprint density at radius 3 is 2.44 bits per heavy atom. The molecule has 0 N–H and O–H groups in total. The zero-order chi connectivity index (χ0) is 13.1. The predicted molar refractivity (Wildman–Crippen MR) is 74.6 cm³/mol. The Morgan fingerprint density at radius 1 is 1.28 bits per heavy atom. The molecule has 1 heterocycles. The molecule has 1 unspecified atom stereocenters. The van der Waals surface area contributed by atoms with Crippen molar-refractivity contribution >= 4 is 23.5 Å². The van der Waals surface area contributed by atoms with Gasteiger partial charge in [0.1, 0.15) is 5.78 Å². The van der Waals surface area contributed by atoms with Gasteiger partial charge < -0.3 is 4.90 Å². The van der Waals surface area contributed by atoms with Gasteiger partial charge in [-0.3, -0.25) is 9.59 Å². The average Bonchev–Trinajstić information content (AvgIpc) is 2.71. The zero-order valence-electron chi connectivity index (χ0n) is 11.4. The number of nitrogens with zero attached hydrogens (tertiary/aromatic N) is 1. The molecule has 18 heavy (non-hydrogen) atoms. The SMILES string of the molecule is CSC1CCN(CC2CCC(C(C)=O)CC2)C1=O. The maximum absolute atomic E-state index is 12.0. The predicted octanol–water partition coefficient (Wildman–Crippen LogP) is 2.35. The van der Waals surface area contributed by atoms with Crippen LogP contribution in [0.15, 0.2) is 0 Å². The van der Waals surface area contributed by atoms with Crippen molar-refractivity contribution in [3.63, 3.8) is 0 Å². The minimum absolute atomic E-state index is 0.193. The minimum Gasteiger partial charge on any atom is -0.341 e. The van der Waals surface area contributed by atoms with E-state index in [-0.39, 0.29) is 11.2 Å². The fourth-order valence-electron chi connectivity index (χ4n) is 3.17. The van der Waals surface area contributed by atoms with E-state index in [1.807, 2.05) is 11.2 Å². The van der Waals surface area contributed by atoms with Gasteiger partial charge in [0.2, 0.25) is 5.91 Å². The number of thioether (sulfide) groups is 1. The minimum atomic E-state index is 0.193. The molecule has 4 heteroatoms. The summed E-state index contributed by atoms with van der Waals surface area (Å²) in [6.07, 6.45) is 7.28. The molecule has 1 saturated carbocycles. The highest BCUT2D eigenvalue weighted by Gasteiger charge is 2.33. The standard InChI is InChI=1S/C14H23NO2S/c1-10(16)12-5-3-11(4-6-12)9-15-8-7-13(18-2)14(15)17/h11-13H,3-9H2,1-2H3. The van der Waals surface area contributed by atoms with Gasteiger partial charge in [-0.2, -0.15) is 11.8 Å². The molecule has 3 nitrogen and oxygen atoms in total. The third-order valence-electron chi connectivity index (χ3n) is 4.43. The Hall–Kier alpha value is -0.510. The molecule has 0 aromatic carbocycles. The number of Topliss-reactive ketones (excluding diaryl/α,β-unsaturated/α-hetero) is 1. The number of hydrogen-bond donors (Lipinski definition) is 0. The second-order valence-electron chi connectivity index (χ2n) is 5.63. The van der Waals surface area contributed by atoms with Crippen LogP contribution in [0.25, 0.3) is 0 Å². The fourth-order valence-corrected chi connectivity index (χ4v) is 3.87. The molecular weight excluding hydrogens is 246 g/mol. The monoisotopic (exact) mass is 269 g/mol. The van der Waals surface area contributed by atoms with Gasteiger partial charge in [-0.15, -0.1) is 0 Å². The summed E-state index contributed by atoms with van der Waals surface area (Å²) in [5.74, 6) is 1.57. The van der Waals surface area contributed by atoms with E-state index in [2.05, 4.69) is 0 Å². The lowest BCUT2D eigenvalue weighted by molar-refractivity contribution is -0.128. The van der Waals surface area contributed by atoms with Crippen LogP contribution in [0.1, 0.15) is 39.0 Å². The molecule has 0 aromatic rings. The van der Waals surface area contributed by atoms with Crippen LogP contribution in [-0.4, -0.2) is 41.2 Å². The normalized spacial score (nSPS) is 32.9. The van der Waals surface area contributed by atoms with Crippen molar-refractivity contribution in [2.75, 3.05) is 19.3 Å². The number of hydrogen-bond acceptors (Lipinski definition) is 3. The summed E-state index contributed by atoms with van der Waals surface area (Å²) in [7, 11) is 0. The molecule has 1 amide bonds. The first kappa shape index (κ1) is 13.9. The maximum Gasteiger partial charge on any atom is 0.235 e. The number of rotatable bonds is 4. The van der Waals surface area contributed by atoms with E-state index in [1.165, 1.54) is 0 Å². The van der Waals surface area contributed by atoms with E-state index in [1.54, 1.807) is 18.7 Å². The highest BCUT2D eigenvalue weighted by atomic mass is 32.2. The van der Waals surface area contributed by atoms with Crippen molar-refractivity contribution in [1.29, 1.82) is 0 Å². The van der Waals surface area contributed by atoms with Crippen molar-refractivity contribution in [3.05, 3.63) is 0 Å². The first-order valence-corrected chi connectivity index (χ1v) is 8.22.